The van der Waals surface area contributed by atoms with Crippen molar-refractivity contribution >= 4 is 0 Å². The summed E-state index contributed by atoms with van der Waals surface area (Å²) in [6.07, 6.45) is 13.4. The fraction of sp³-hybridized carbons (Fsp3) is 0.828. The lowest BCUT2D eigenvalue weighted by Gasteiger charge is -2.61. The molecule has 1 N–H and O–H groups in total. The Bertz CT molecular complexity index is 905. The second kappa shape index (κ2) is 7.68. The van der Waals surface area contributed by atoms with Crippen LogP contribution in [0.2, 0.25) is 0 Å². The van der Waals surface area contributed by atoms with Gasteiger partial charge in [0.25, 0.3) is 0 Å². The Hall–Kier alpha value is -1.13. The van der Waals surface area contributed by atoms with Gasteiger partial charge in [0, 0.05) is 24.3 Å². The van der Waals surface area contributed by atoms with Crippen LogP contribution >= 0.6 is 0 Å². The van der Waals surface area contributed by atoms with E-state index in [1.54, 1.807) is 6.20 Å². The number of aromatic nitrogens is 1. The standard InChI is InChI=1S/C29H43NO3/c1-18(17-33-26-19(16-31)6-5-13-30-26)22-7-8-23-21-14-25(32-4)29-15-20(29)9-12-28(29,3)24(21)10-11-27(22,23)2/h5-6,13,18,20-25,31H,7-12,14-17H2,1-4H3/t18-,20?,21+,22-,23+,24+,25?,27-,28-,29+/m1/s1. The summed E-state index contributed by atoms with van der Waals surface area (Å²) in [5.74, 6) is 5.31. The zero-order valence-electron chi connectivity index (χ0n) is 21.1. The van der Waals surface area contributed by atoms with E-state index < -0.39 is 0 Å². The van der Waals surface area contributed by atoms with E-state index in [0.29, 0.717) is 46.7 Å². The second-order valence-corrected chi connectivity index (χ2v) is 12.9. The minimum absolute atomic E-state index is 0.0222. The van der Waals surface area contributed by atoms with Crippen LogP contribution in [0.4, 0.5) is 0 Å². The molecule has 0 aromatic carbocycles. The Morgan fingerprint density at radius 2 is 2.00 bits per heavy atom. The number of hydrogen-bond acceptors (Lipinski definition) is 4. The van der Waals surface area contributed by atoms with Crippen LogP contribution < -0.4 is 4.74 Å². The number of aliphatic hydroxyl groups is 1. The molecule has 0 aliphatic heterocycles. The van der Waals surface area contributed by atoms with Gasteiger partial charge in [0.05, 0.1) is 19.3 Å². The minimum atomic E-state index is -0.0222. The summed E-state index contributed by atoms with van der Waals surface area (Å²) in [5.41, 5.74) is 2.22. The molecule has 6 rings (SSSR count). The number of hydrogen-bond donors (Lipinski definition) is 1. The number of pyridine rings is 1. The maximum Gasteiger partial charge on any atom is 0.218 e. The highest BCUT2D eigenvalue weighted by Gasteiger charge is 2.77. The fourth-order valence-corrected chi connectivity index (χ4v) is 10.6. The van der Waals surface area contributed by atoms with E-state index in [-0.39, 0.29) is 6.61 Å². The van der Waals surface area contributed by atoms with Gasteiger partial charge in [-0.1, -0.05) is 20.8 Å². The zero-order chi connectivity index (χ0) is 23.0. The third kappa shape index (κ3) is 2.92. The predicted octanol–water partition coefficient (Wildman–Crippen LogP) is 5.87. The number of fused-ring (bicyclic) bond motifs is 4. The smallest absolute Gasteiger partial charge is 0.218 e. The van der Waals surface area contributed by atoms with Crippen molar-refractivity contribution in [2.45, 2.75) is 84.8 Å². The van der Waals surface area contributed by atoms with Crippen LogP contribution in [-0.2, 0) is 11.3 Å². The first kappa shape index (κ1) is 22.3. The highest BCUT2D eigenvalue weighted by atomic mass is 16.5. The molecule has 0 bridgehead atoms. The molecule has 5 aliphatic carbocycles. The van der Waals surface area contributed by atoms with E-state index in [1.165, 1.54) is 51.4 Å². The topological polar surface area (TPSA) is 51.6 Å². The Labute approximate surface area is 199 Å². The molecule has 0 radical (unpaired) electrons. The molecule has 10 atom stereocenters. The Balaban J connectivity index is 1.20. The maximum atomic E-state index is 9.62. The van der Waals surface area contributed by atoms with E-state index in [9.17, 15) is 5.11 Å². The van der Waals surface area contributed by atoms with Crippen molar-refractivity contribution in [1.82, 2.24) is 4.98 Å². The molecule has 5 fully saturated rings. The van der Waals surface area contributed by atoms with E-state index >= 15 is 0 Å². The quantitative estimate of drug-likeness (QED) is 0.585. The fourth-order valence-electron chi connectivity index (χ4n) is 10.6. The summed E-state index contributed by atoms with van der Waals surface area (Å²) in [4.78, 5) is 4.37. The van der Waals surface area contributed by atoms with Gasteiger partial charge >= 0.3 is 0 Å². The number of nitrogens with zero attached hydrogens (tertiary/aromatic N) is 1. The molecule has 1 aromatic heterocycles. The molecule has 0 saturated heterocycles. The van der Waals surface area contributed by atoms with Crippen molar-refractivity contribution in [3.8, 4) is 5.88 Å². The molecule has 1 spiro atoms. The minimum Gasteiger partial charge on any atom is -0.477 e. The van der Waals surface area contributed by atoms with Crippen molar-refractivity contribution < 1.29 is 14.6 Å². The molecule has 5 saturated carbocycles. The molecule has 2 unspecified atom stereocenters. The van der Waals surface area contributed by atoms with Gasteiger partial charge in [-0.05, 0) is 110 Å². The third-order valence-corrected chi connectivity index (χ3v) is 12.1. The van der Waals surface area contributed by atoms with E-state index in [1.807, 2.05) is 19.2 Å². The molecule has 1 heterocycles. The predicted molar refractivity (Wildman–Crippen MR) is 129 cm³/mol. The van der Waals surface area contributed by atoms with Crippen LogP contribution in [0.15, 0.2) is 18.3 Å². The maximum absolute atomic E-state index is 9.62. The van der Waals surface area contributed by atoms with Crippen LogP contribution in [0.3, 0.4) is 0 Å². The highest BCUT2D eigenvalue weighted by Crippen LogP contribution is 2.82. The first-order valence-electron chi connectivity index (χ1n) is 13.6. The monoisotopic (exact) mass is 453 g/mol. The highest BCUT2D eigenvalue weighted by molar-refractivity contribution is 5.26. The van der Waals surface area contributed by atoms with E-state index in [2.05, 4.69) is 25.8 Å². The third-order valence-electron chi connectivity index (χ3n) is 12.1. The summed E-state index contributed by atoms with van der Waals surface area (Å²) >= 11 is 0. The van der Waals surface area contributed by atoms with Gasteiger partial charge in [0.2, 0.25) is 5.88 Å². The summed E-state index contributed by atoms with van der Waals surface area (Å²) in [6.45, 7) is 8.33. The summed E-state index contributed by atoms with van der Waals surface area (Å²) in [6, 6.07) is 3.76. The van der Waals surface area contributed by atoms with Crippen LogP contribution in [0.1, 0.15) is 77.7 Å². The normalized spacial score (nSPS) is 48.4. The van der Waals surface area contributed by atoms with Crippen molar-refractivity contribution in [3.05, 3.63) is 23.9 Å². The average molecular weight is 454 g/mol. The second-order valence-electron chi connectivity index (χ2n) is 12.9. The molecule has 182 valence electrons. The Morgan fingerprint density at radius 1 is 1.15 bits per heavy atom. The Morgan fingerprint density at radius 3 is 2.76 bits per heavy atom. The van der Waals surface area contributed by atoms with Gasteiger partial charge < -0.3 is 14.6 Å². The number of methoxy groups -OCH3 is 1. The van der Waals surface area contributed by atoms with Crippen LogP contribution in [0.5, 0.6) is 5.88 Å². The van der Waals surface area contributed by atoms with Crippen molar-refractivity contribution in [3.63, 3.8) is 0 Å². The first-order chi connectivity index (χ1) is 15.9. The van der Waals surface area contributed by atoms with Gasteiger partial charge in [-0.25, -0.2) is 4.98 Å². The van der Waals surface area contributed by atoms with Crippen LogP contribution in [0, 0.1) is 51.8 Å². The lowest BCUT2D eigenvalue weighted by molar-refractivity contribution is -0.161. The van der Waals surface area contributed by atoms with E-state index in [0.717, 1.165) is 29.2 Å². The lowest BCUT2D eigenvalue weighted by Crippen LogP contribution is -2.57. The number of rotatable bonds is 6. The molecule has 4 nitrogen and oxygen atoms in total. The zero-order valence-corrected chi connectivity index (χ0v) is 21.1. The summed E-state index contributed by atoms with van der Waals surface area (Å²) < 4.78 is 12.5. The van der Waals surface area contributed by atoms with Gasteiger partial charge in [-0.15, -0.1) is 0 Å². The van der Waals surface area contributed by atoms with Gasteiger partial charge in [0.1, 0.15) is 0 Å². The first-order valence-corrected chi connectivity index (χ1v) is 13.6. The Kier molecular flexibility index (Phi) is 5.20. The molecular formula is C29H43NO3. The average Bonchev–Trinajstić information content (AvgIpc) is 3.33. The molecule has 1 aromatic rings. The molecule has 33 heavy (non-hydrogen) atoms. The molecular weight excluding hydrogens is 410 g/mol. The molecule has 0 amide bonds. The van der Waals surface area contributed by atoms with Gasteiger partial charge in [-0.3, -0.25) is 0 Å². The van der Waals surface area contributed by atoms with Crippen molar-refractivity contribution in [2.24, 2.45) is 51.8 Å². The van der Waals surface area contributed by atoms with Crippen LogP contribution in [0.25, 0.3) is 0 Å². The number of ether oxygens (including phenoxy) is 2. The SMILES string of the molecule is COC1C[C@H]2[C@@H]3CC[C@H]([C@H](C)COc4ncccc4CO)[C@@]3(C)CC[C@@H]2[C@@]2(C)CCC3C[C@]312. The summed E-state index contributed by atoms with van der Waals surface area (Å²) in [5, 5.41) is 9.62. The van der Waals surface area contributed by atoms with Gasteiger partial charge in [-0.2, -0.15) is 0 Å². The number of aliphatic hydroxyl groups excluding tert-OH is 1. The van der Waals surface area contributed by atoms with Crippen LogP contribution in [-0.4, -0.2) is 29.9 Å². The summed E-state index contributed by atoms with van der Waals surface area (Å²) in [7, 11) is 1.99. The largest absolute Gasteiger partial charge is 0.477 e. The van der Waals surface area contributed by atoms with Gasteiger partial charge in [0.15, 0.2) is 0 Å². The molecule has 5 aliphatic rings. The lowest BCUT2D eigenvalue weighted by atomic mass is 9.45. The molecule has 4 heteroatoms. The van der Waals surface area contributed by atoms with Crippen molar-refractivity contribution in [2.75, 3.05) is 13.7 Å². The van der Waals surface area contributed by atoms with E-state index in [4.69, 9.17) is 9.47 Å². The van der Waals surface area contributed by atoms with Crippen molar-refractivity contribution in [1.29, 1.82) is 0 Å².